The Hall–Kier alpha value is -0.370. The summed E-state index contributed by atoms with van der Waals surface area (Å²) in [5, 5.41) is 0. The summed E-state index contributed by atoms with van der Waals surface area (Å²) in [5.41, 5.74) is 0. The molecule has 1 rings (SSSR count). The lowest BCUT2D eigenvalue weighted by Gasteiger charge is -2.21. The third-order valence-corrected chi connectivity index (χ3v) is 3.83. The fourth-order valence-electron chi connectivity index (χ4n) is 2.52. The third-order valence-electron chi connectivity index (χ3n) is 3.83. The third kappa shape index (κ3) is 5.11. The van der Waals surface area contributed by atoms with Gasteiger partial charge in [0.1, 0.15) is 5.78 Å². The number of ether oxygens (including phenoxy) is 1. The molecule has 0 spiro atoms. The molecule has 1 atom stereocenters. The fraction of sp³-hybridized carbons (Fsp3) is 0.929. The summed E-state index contributed by atoms with van der Waals surface area (Å²) in [6.07, 6.45) is 9.62. The summed E-state index contributed by atoms with van der Waals surface area (Å²) in [6.45, 7) is 2.73. The molecule has 1 fully saturated rings. The zero-order chi connectivity index (χ0) is 11.8. The first-order valence-electron chi connectivity index (χ1n) is 6.75. The van der Waals surface area contributed by atoms with E-state index in [1.165, 1.54) is 32.1 Å². The van der Waals surface area contributed by atoms with Gasteiger partial charge in [0.2, 0.25) is 0 Å². The lowest BCUT2D eigenvalue weighted by atomic mass is 9.84. The van der Waals surface area contributed by atoms with Crippen LogP contribution in [0.5, 0.6) is 0 Å². The molecule has 0 aliphatic heterocycles. The molecule has 0 aromatic rings. The van der Waals surface area contributed by atoms with Gasteiger partial charge in [0.15, 0.2) is 0 Å². The smallest absolute Gasteiger partial charge is 0.135 e. The predicted molar refractivity (Wildman–Crippen MR) is 66.5 cm³/mol. The molecule has 0 bridgehead atoms. The molecule has 0 saturated heterocycles. The normalized spacial score (nSPS) is 19.6. The number of hydrogen-bond donors (Lipinski definition) is 0. The van der Waals surface area contributed by atoms with Crippen molar-refractivity contribution in [3.8, 4) is 0 Å². The van der Waals surface area contributed by atoms with Crippen molar-refractivity contribution in [1.82, 2.24) is 0 Å². The van der Waals surface area contributed by atoms with Gasteiger partial charge in [-0.25, -0.2) is 0 Å². The van der Waals surface area contributed by atoms with Crippen molar-refractivity contribution in [2.24, 2.45) is 11.8 Å². The molecule has 0 amide bonds. The minimum Gasteiger partial charge on any atom is -0.385 e. The molecule has 0 aromatic carbocycles. The Balaban J connectivity index is 2.12. The van der Waals surface area contributed by atoms with Crippen molar-refractivity contribution in [3.05, 3.63) is 0 Å². The van der Waals surface area contributed by atoms with Crippen LogP contribution in [0, 0.1) is 11.8 Å². The summed E-state index contributed by atoms with van der Waals surface area (Å²) in [4.78, 5) is 11.8. The van der Waals surface area contributed by atoms with Crippen molar-refractivity contribution < 1.29 is 9.53 Å². The van der Waals surface area contributed by atoms with Crippen molar-refractivity contribution >= 4 is 5.78 Å². The predicted octanol–water partition coefficient (Wildman–Crippen LogP) is 3.59. The molecule has 16 heavy (non-hydrogen) atoms. The second-order valence-electron chi connectivity index (χ2n) is 5.19. The molecule has 94 valence electrons. The number of methoxy groups -OCH3 is 1. The van der Waals surface area contributed by atoms with Crippen molar-refractivity contribution in [2.45, 2.75) is 58.3 Å². The zero-order valence-corrected chi connectivity index (χ0v) is 10.8. The highest BCUT2D eigenvalue weighted by Crippen LogP contribution is 2.27. The van der Waals surface area contributed by atoms with Crippen molar-refractivity contribution in [3.63, 3.8) is 0 Å². The van der Waals surface area contributed by atoms with Gasteiger partial charge in [-0.1, -0.05) is 39.0 Å². The number of Topliss-reactive ketones (excluding diaryl/α,β-unsaturated/α-hetero) is 1. The van der Waals surface area contributed by atoms with Crippen LogP contribution in [0.1, 0.15) is 58.3 Å². The average Bonchev–Trinajstić information content (AvgIpc) is 2.34. The molecule has 1 aliphatic carbocycles. The van der Waals surface area contributed by atoms with Gasteiger partial charge in [-0.3, -0.25) is 4.79 Å². The minimum atomic E-state index is 0.184. The molecule has 0 N–H and O–H groups in total. The highest BCUT2D eigenvalue weighted by Gasteiger charge is 2.17. The fourth-order valence-corrected chi connectivity index (χ4v) is 2.52. The van der Waals surface area contributed by atoms with Gasteiger partial charge >= 0.3 is 0 Å². The molecule has 2 heteroatoms. The van der Waals surface area contributed by atoms with Gasteiger partial charge in [-0.15, -0.1) is 0 Å². The quantitative estimate of drug-likeness (QED) is 0.663. The largest absolute Gasteiger partial charge is 0.385 e. The summed E-state index contributed by atoms with van der Waals surface area (Å²) in [6, 6.07) is 0. The van der Waals surface area contributed by atoms with Gasteiger partial charge in [0.05, 0.1) is 0 Å². The van der Waals surface area contributed by atoms with Crippen LogP contribution in [0.2, 0.25) is 0 Å². The first-order chi connectivity index (χ1) is 7.74. The molecule has 1 unspecified atom stereocenters. The van der Waals surface area contributed by atoms with Crippen LogP contribution >= 0.6 is 0 Å². The summed E-state index contributed by atoms with van der Waals surface area (Å²) >= 11 is 0. The Labute approximate surface area is 99.8 Å². The Bertz CT molecular complexity index is 195. The van der Waals surface area contributed by atoms with E-state index in [2.05, 4.69) is 0 Å². The minimum absolute atomic E-state index is 0.184. The van der Waals surface area contributed by atoms with Crippen LogP contribution in [0.15, 0.2) is 0 Å². The molecule has 1 saturated carbocycles. The summed E-state index contributed by atoms with van der Waals surface area (Å²) in [7, 11) is 1.69. The molecular weight excluding hydrogens is 200 g/mol. The number of ketones is 1. The Kier molecular flexibility index (Phi) is 6.70. The molecule has 0 heterocycles. The lowest BCUT2D eigenvalue weighted by Crippen LogP contribution is -2.15. The van der Waals surface area contributed by atoms with Gasteiger partial charge in [0.25, 0.3) is 0 Å². The van der Waals surface area contributed by atoms with Crippen molar-refractivity contribution in [2.75, 3.05) is 13.7 Å². The first kappa shape index (κ1) is 13.7. The Morgan fingerprint density at radius 2 is 2.00 bits per heavy atom. The van der Waals surface area contributed by atoms with Crippen LogP contribution in [-0.4, -0.2) is 19.5 Å². The summed E-state index contributed by atoms with van der Waals surface area (Å²) < 4.78 is 5.00. The highest BCUT2D eigenvalue weighted by atomic mass is 16.5. The molecular formula is C14H26O2. The van der Waals surface area contributed by atoms with Gasteiger partial charge in [-0.05, 0) is 18.8 Å². The van der Waals surface area contributed by atoms with Crippen LogP contribution in [0.25, 0.3) is 0 Å². The molecule has 0 aromatic heterocycles. The van der Waals surface area contributed by atoms with E-state index in [1.54, 1.807) is 7.11 Å². The van der Waals surface area contributed by atoms with E-state index in [0.29, 0.717) is 12.4 Å². The van der Waals surface area contributed by atoms with E-state index in [-0.39, 0.29) is 5.92 Å². The number of hydrogen-bond acceptors (Lipinski definition) is 2. The average molecular weight is 226 g/mol. The van der Waals surface area contributed by atoms with Crippen LogP contribution in [-0.2, 0) is 9.53 Å². The van der Waals surface area contributed by atoms with E-state index in [1.807, 2.05) is 6.92 Å². The lowest BCUT2D eigenvalue weighted by molar-refractivity contribution is -0.123. The first-order valence-corrected chi connectivity index (χ1v) is 6.75. The van der Waals surface area contributed by atoms with E-state index in [9.17, 15) is 4.79 Å². The van der Waals surface area contributed by atoms with Gasteiger partial charge in [-0.2, -0.15) is 0 Å². The van der Waals surface area contributed by atoms with Gasteiger partial charge in [0, 0.05) is 26.1 Å². The highest BCUT2D eigenvalue weighted by molar-refractivity contribution is 5.80. The second-order valence-corrected chi connectivity index (χ2v) is 5.19. The molecule has 2 nitrogen and oxygen atoms in total. The SMILES string of the molecule is COCCC(C)C(=O)CCC1CCCCC1. The van der Waals surface area contributed by atoms with Crippen molar-refractivity contribution in [1.29, 1.82) is 0 Å². The molecule has 0 radical (unpaired) electrons. The van der Waals surface area contributed by atoms with E-state index in [0.717, 1.165) is 25.2 Å². The monoisotopic (exact) mass is 226 g/mol. The van der Waals surface area contributed by atoms with E-state index in [4.69, 9.17) is 4.74 Å². The maximum absolute atomic E-state index is 11.8. The van der Waals surface area contributed by atoms with E-state index < -0.39 is 0 Å². The summed E-state index contributed by atoms with van der Waals surface area (Å²) in [5.74, 6) is 1.44. The van der Waals surface area contributed by atoms with E-state index >= 15 is 0 Å². The maximum Gasteiger partial charge on any atom is 0.135 e. The standard InChI is InChI=1S/C14H26O2/c1-12(10-11-16-2)14(15)9-8-13-6-4-3-5-7-13/h12-13H,3-11H2,1-2H3. The number of carbonyl (C=O) groups is 1. The van der Waals surface area contributed by atoms with Crippen LogP contribution in [0.3, 0.4) is 0 Å². The number of rotatable bonds is 7. The maximum atomic E-state index is 11.8. The van der Waals surface area contributed by atoms with Gasteiger partial charge < -0.3 is 4.74 Å². The Morgan fingerprint density at radius 3 is 2.62 bits per heavy atom. The van der Waals surface area contributed by atoms with Crippen LogP contribution in [0.4, 0.5) is 0 Å². The molecule has 1 aliphatic rings. The Morgan fingerprint density at radius 1 is 1.31 bits per heavy atom. The zero-order valence-electron chi connectivity index (χ0n) is 10.8. The number of carbonyl (C=O) groups excluding carboxylic acids is 1. The second kappa shape index (κ2) is 7.83. The van der Waals surface area contributed by atoms with Crippen LogP contribution < -0.4 is 0 Å². The topological polar surface area (TPSA) is 26.3 Å².